The van der Waals surface area contributed by atoms with E-state index >= 15 is 0 Å². The van der Waals surface area contributed by atoms with E-state index in [4.69, 9.17) is 19.8 Å². The lowest BCUT2D eigenvalue weighted by Crippen LogP contribution is -2.47. The zero-order valence-electron chi connectivity index (χ0n) is 15.7. The monoisotopic (exact) mass is 462 g/mol. The van der Waals surface area contributed by atoms with Gasteiger partial charge in [-0.15, -0.1) is 0 Å². The van der Waals surface area contributed by atoms with Gasteiger partial charge in [0.25, 0.3) is 5.91 Å². The molecule has 1 unspecified atom stereocenters. The van der Waals surface area contributed by atoms with Gasteiger partial charge in [-0.2, -0.15) is 18.4 Å². The fraction of sp³-hybridized carbons (Fsp3) is 0.222. The highest BCUT2D eigenvalue weighted by Crippen LogP contribution is 2.42. The number of nitriles is 1. The second kappa shape index (κ2) is 9.03. The van der Waals surface area contributed by atoms with Gasteiger partial charge in [-0.1, -0.05) is 0 Å². The molecule has 0 aliphatic heterocycles. The molecule has 0 saturated carbocycles. The summed E-state index contributed by atoms with van der Waals surface area (Å²) in [7, 11) is -5.25. The molecule has 1 atom stereocenters. The lowest BCUT2D eigenvalue weighted by molar-refractivity contribution is -0.138. The van der Waals surface area contributed by atoms with Gasteiger partial charge in [0.2, 0.25) is 0 Å². The molecule has 0 radical (unpaired) electrons. The van der Waals surface area contributed by atoms with Crippen molar-refractivity contribution in [2.24, 2.45) is 0 Å². The lowest BCUT2D eigenvalue weighted by Gasteiger charge is -2.28. The van der Waals surface area contributed by atoms with Gasteiger partial charge in [0.1, 0.15) is 18.2 Å². The van der Waals surface area contributed by atoms with Gasteiger partial charge in [-0.25, -0.2) is 8.96 Å². The standard InChI is InChI=1S/C18H15F4N2O6P/c1-17(30-31(26,27)28,10-29-14-6-3-12(19)4-7-14)16(25)24-13-5-2-11(9-23)15(8-13)18(20,21)22/h2-8H,10H2,1H3,(H,24,25)(H2,26,27,28). The van der Waals surface area contributed by atoms with Crippen LogP contribution in [0.4, 0.5) is 23.2 Å². The number of ether oxygens (including phenoxy) is 1. The highest BCUT2D eigenvalue weighted by atomic mass is 31.2. The number of carbonyl (C=O) groups is 1. The van der Waals surface area contributed by atoms with Crippen molar-refractivity contribution in [3.63, 3.8) is 0 Å². The van der Waals surface area contributed by atoms with Crippen LogP contribution in [-0.2, 0) is 20.1 Å². The van der Waals surface area contributed by atoms with Crippen molar-refractivity contribution in [2.75, 3.05) is 11.9 Å². The van der Waals surface area contributed by atoms with Crippen LogP contribution in [0.15, 0.2) is 42.5 Å². The van der Waals surface area contributed by atoms with Crippen molar-refractivity contribution in [1.29, 1.82) is 5.26 Å². The van der Waals surface area contributed by atoms with Gasteiger partial charge in [-0.05, 0) is 49.4 Å². The van der Waals surface area contributed by atoms with Crippen molar-refractivity contribution in [2.45, 2.75) is 18.7 Å². The number of hydrogen-bond acceptors (Lipinski definition) is 5. The molecule has 0 aliphatic carbocycles. The molecule has 0 bridgehead atoms. The minimum absolute atomic E-state index is 0.0347. The fourth-order valence-electron chi connectivity index (χ4n) is 2.37. The number of rotatable bonds is 7. The lowest BCUT2D eigenvalue weighted by atomic mass is 10.1. The summed E-state index contributed by atoms with van der Waals surface area (Å²) in [5, 5.41) is 10.9. The molecule has 13 heteroatoms. The summed E-state index contributed by atoms with van der Waals surface area (Å²) in [6.45, 7) is 0.164. The smallest absolute Gasteiger partial charge is 0.470 e. The maximum Gasteiger partial charge on any atom is 0.470 e. The predicted molar refractivity (Wildman–Crippen MR) is 98.2 cm³/mol. The van der Waals surface area contributed by atoms with E-state index in [2.05, 4.69) is 9.84 Å². The number of amides is 1. The Hall–Kier alpha value is -2.97. The summed E-state index contributed by atoms with van der Waals surface area (Å²) in [6, 6.07) is 8.14. The summed E-state index contributed by atoms with van der Waals surface area (Å²) in [4.78, 5) is 30.9. The number of carbonyl (C=O) groups excluding carboxylic acids is 1. The van der Waals surface area contributed by atoms with Crippen molar-refractivity contribution in [3.05, 3.63) is 59.4 Å². The summed E-state index contributed by atoms with van der Waals surface area (Å²) in [5.74, 6) is -1.79. The number of nitrogens with one attached hydrogen (secondary N) is 1. The molecule has 0 heterocycles. The largest absolute Gasteiger partial charge is 0.490 e. The van der Waals surface area contributed by atoms with Crippen LogP contribution in [0.25, 0.3) is 0 Å². The third-order valence-corrected chi connectivity index (χ3v) is 4.47. The van der Waals surface area contributed by atoms with Gasteiger partial charge < -0.3 is 19.8 Å². The normalized spacial score (nSPS) is 13.7. The maximum absolute atomic E-state index is 13.1. The number of alkyl halides is 3. The zero-order chi connectivity index (χ0) is 23.4. The van der Waals surface area contributed by atoms with Crippen molar-refractivity contribution in [3.8, 4) is 11.8 Å². The molecule has 0 aliphatic rings. The average molecular weight is 462 g/mol. The van der Waals surface area contributed by atoms with Gasteiger partial charge in [-0.3, -0.25) is 9.32 Å². The third kappa shape index (κ3) is 6.77. The first-order valence-corrected chi connectivity index (χ1v) is 9.84. The van der Waals surface area contributed by atoms with E-state index in [0.717, 1.165) is 31.2 Å². The van der Waals surface area contributed by atoms with Crippen LogP contribution in [0, 0.1) is 17.1 Å². The summed E-state index contributed by atoms with van der Waals surface area (Å²) >= 11 is 0. The summed E-state index contributed by atoms with van der Waals surface area (Å²) in [5.41, 5.74) is -4.76. The maximum atomic E-state index is 13.1. The fourth-order valence-corrected chi connectivity index (χ4v) is 3.03. The molecule has 0 fully saturated rings. The van der Waals surface area contributed by atoms with E-state index in [0.29, 0.717) is 6.07 Å². The van der Waals surface area contributed by atoms with Crippen LogP contribution in [0.1, 0.15) is 18.1 Å². The van der Waals surface area contributed by atoms with Crippen LogP contribution >= 0.6 is 7.82 Å². The van der Waals surface area contributed by atoms with Gasteiger partial charge >= 0.3 is 14.0 Å². The van der Waals surface area contributed by atoms with E-state index in [-0.39, 0.29) is 5.75 Å². The number of halogens is 4. The number of benzene rings is 2. The first-order valence-electron chi connectivity index (χ1n) is 8.31. The van der Waals surface area contributed by atoms with Crippen molar-refractivity contribution >= 4 is 19.4 Å². The number of anilines is 1. The molecular weight excluding hydrogens is 447 g/mol. The van der Waals surface area contributed by atoms with E-state index in [9.17, 15) is 26.9 Å². The first-order chi connectivity index (χ1) is 14.2. The average Bonchev–Trinajstić information content (AvgIpc) is 2.65. The molecule has 2 aromatic carbocycles. The van der Waals surface area contributed by atoms with Crippen LogP contribution in [0.3, 0.4) is 0 Å². The Morgan fingerprint density at radius 2 is 1.81 bits per heavy atom. The molecule has 2 aromatic rings. The van der Waals surface area contributed by atoms with E-state index in [1.165, 1.54) is 18.2 Å². The molecule has 2 rings (SSSR count). The van der Waals surface area contributed by atoms with E-state index in [1.807, 2.05) is 0 Å². The van der Waals surface area contributed by atoms with Crippen LogP contribution < -0.4 is 10.1 Å². The number of phosphoric ester groups is 1. The highest BCUT2D eigenvalue weighted by molar-refractivity contribution is 7.46. The van der Waals surface area contributed by atoms with Crippen LogP contribution in [-0.4, -0.2) is 27.9 Å². The van der Waals surface area contributed by atoms with Gasteiger partial charge in [0, 0.05) is 5.69 Å². The third-order valence-electron chi connectivity index (χ3n) is 3.83. The van der Waals surface area contributed by atoms with Crippen molar-refractivity contribution in [1.82, 2.24) is 0 Å². The molecule has 0 spiro atoms. The summed E-state index contributed by atoms with van der Waals surface area (Å²) in [6.07, 6.45) is -4.89. The van der Waals surface area contributed by atoms with Gasteiger partial charge in [0.05, 0.1) is 17.2 Å². The molecule has 31 heavy (non-hydrogen) atoms. The number of phosphoric acid groups is 1. The first kappa shape index (κ1) is 24.3. The molecule has 3 N–H and O–H groups in total. The molecule has 1 amide bonds. The Balaban J connectivity index is 2.30. The zero-order valence-corrected chi connectivity index (χ0v) is 16.6. The minimum atomic E-state index is -5.25. The Labute approximate surface area is 173 Å². The molecule has 0 aromatic heterocycles. The SMILES string of the molecule is CC(COc1ccc(F)cc1)(OP(=O)(O)O)C(=O)Nc1ccc(C#N)c(C(F)(F)F)c1. The molecule has 0 saturated heterocycles. The number of hydrogen-bond donors (Lipinski definition) is 3. The van der Waals surface area contributed by atoms with Crippen LogP contribution in [0.5, 0.6) is 5.75 Å². The quantitative estimate of drug-likeness (QED) is 0.424. The predicted octanol–water partition coefficient (Wildman–Crippen LogP) is 3.60. The Bertz CT molecular complexity index is 1050. The van der Waals surface area contributed by atoms with Crippen molar-refractivity contribution < 1.29 is 46.0 Å². The molecule has 8 nitrogen and oxygen atoms in total. The Morgan fingerprint density at radius 3 is 2.32 bits per heavy atom. The van der Waals surface area contributed by atoms with E-state index < -0.39 is 54.7 Å². The van der Waals surface area contributed by atoms with E-state index in [1.54, 1.807) is 0 Å². The molecule has 166 valence electrons. The second-order valence-corrected chi connectivity index (χ2v) is 7.54. The minimum Gasteiger partial charge on any atom is -0.490 e. The Kier molecular flexibility index (Phi) is 7.08. The highest BCUT2D eigenvalue weighted by Gasteiger charge is 2.42. The molecular formula is C18H15F4N2O6P. The second-order valence-electron chi connectivity index (χ2n) is 6.38. The topological polar surface area (TPSA) is 129 Å². The summed E-state index contributed by atoms with van der Waals surface area (Å²) < 4.78 is 73.4. The Morgan fingerprint density at radius 1 is 1.19 bits per heavy atom. The van der Waals surface area contributed by atoms with Crippen LogP contribution in [0.2, 0.25) is 0 Å². The number of nitrogens with zero attached hydrogens (tertiary/aromatic N) is 1. The van der Waals surface area contributed by atoms with Gasteiger partial charge in [0.15, 0.2) is 5.60 Å².